The third-order valence-corrected chi connectivity index (χ3v) is 3.15. The van der Waals surface area contributed by atoms with Crippen molar-refractivity contribution in [1.29, 1.82) is 0 Å². The summed E-state index contributed by atoms with van der Waals surface area (Å²) in [6.45, 7) is 6.92. The van der Waals surface area contributed by atoms with Gasteiger partial charge in [0.15, 0.2) is 0 Å². The molecule has 1 saturated heterocycles. The Bertz CT molecular complexity index is 325. The van der Waals surface area contributed by atoms with E-state index in [9.17, 15) is 0 Å². The lowest BCUT2D eigenvalue weighted by Crippen LogP contribution is -2.39. The van der Waals surface area contributed by atoms with E-state index in [0.717, 1.165) is 30.6 Å². The van der Waals surface area contributed by atoms with Crippen LogP contribution in [0.25, 0.3) is 0 Å². The van der Waals surface area contributed by atoms with Gasteiger partial charge in [-0.2, -0.15) is 0 Å². The third-order valence-electron chi connectivity index (χ3n) is 3.15. The molecule has 1 aliphatic rings. The van der Waals surface area contributed by atoms with Gasteiger partial charge in [-0.05, 0) is 30.4 Å². The van der Waals surface area contributed by atoms with E-state index in [-0.39, 0.29) is 0 Å². The van der Waals surface area contributed by atoms with Gasteiger partial charge in [-0.15, -0.1) is 0 Å². The fraction of sp³-hybridized carbons (Fsp3) is 0.538. The fourth-order valence-electron chi connectivity index (χ4n) is 2.64. The number of nitrogens with two attached hydrogens (primary N) is 1. The molecule has 82 valence electrons. The first-order valence-corrected chi connectivity index (χ1v) is 5.76. The van der Waals surface area contributed by atoms with Crippen LogP contribution in [0.5, 0.6) is 0 Å². The monoisotopic (exact) mass is 204 g/mol. The van der Waals surface area contributed by atoms with Gasteiger partial charge in [0.1, 0.15) is 0 Å². The molecule has 1 heterocycles. The highest BCUT2D eigenvalue weighted by atomic mass is 15.1. The van der Waals surface area contributed by atoms with Crippen LogP contribution >= 0.6 is 0 Å². The Morgan fingerprint density at radius 3 is 2.33 bits per heavy atom. The van der Waals surface area contributed by atoms with Crippen molar-refractivity contribution in [2.75, 3.05) is 23.7 Å². The number of rotatable bonds is 1. The van der Waals surface area contributed by atoms with Crippen LogP contribution in [0, 0.1) is 11.8 Å². The number of hydrogen-bond acceptors (Lipinski definition) is 2. The molecular formula is C13H20N2. The van der Waals surface area contributed by atoms with E-state index in [2.05, 4.69) is 30.9 Å². The lowest BCUT2D eigenvalue weighted by Gasteiger charge is -2.37. The molecule has 0 saturated carbocycles. The average Bonchev–Trinajstić information content (AvgIpc) is 2.16. The number of benzene rings is 1. The van der Waals surface area contributed by atoms with Crippen LogP contribution in [0.3, 0.4) is 0 Å². The molecular weight excluding hydrogens is 184 g/mol. The number of piperidine rings is 1. The van der Waals surface area contributed by atoms with E-state index < -0.39 is 0 Å². The molecule has 2 atom stereocenters. The van der Waals surface area contributed by atoms with Crippen molar-refractivity contribution in [3.8, 4) is 0 Å². The van der Waals surface area contributed by atoms with Gasteiger partial charge < -0.3 is 10.6 Å². The van der Waals surface area contributed by atoms with E-state index in [1.807, 2.05) is 12.1 Å². The van der Waals surface area contributed by atoms with Gasteiger partial charge in [-0.3, -0.25) is 0 Å². The van der Waals surface area contributed by atoms with Crippen molar-refractivity contribution in [3.05, 3.63) is 24.3 Å². The van der Waals surface area contributed by atoms with Crippen LogP contribution in [0.1, 0.15) is 20.3 Å². The quantitative estimate of drug-likeness (QED) is 0.713. The Morgan fingerprint density at radius 2 is 1.73 bits per heavy atom. The summed E-state index contributed by atoms with van der Waals surface area (Å²) >= 11 is 0. The van der Waals surface area contributed by atoms with Crippen molar-refractivity contribution in [3.63, 3.8) is 0 Å². The zero-order valence-corrected chi connectivity index (χ0v) is 9.61. The van der Waals surface area contributed by atoms with Crippen LogP contribution in [-0.4, -0.2) is 13.1 Å². The highest BCUT2D eigenvalue weighted by molar-refractivity contribution is 5.67. The van der Waals surface area contributed by atoms with Gasteiger partial charge in [0.05, 0.1) is 11.4 Å². The van der Waals surface area contributed by atoms with Gasteiger partial charge in [0.2, 0.25) is 0 Å². The molecule has 2 N–H and O–H groups in total. The van der Waals surface area contributed by atoms with Gasteiger partial charge in [-0.25, -0.2) is 0 Å². The van der Waals surface area contributed by atoms with Crippen molar-refractivity contribution >= 4 is 11.4 Å². The molecule has 0 unspecified atom stereocenters. The van der Waals surface area contributed by atoms with Crippen LogP contribution in [-0.2, 0) is 0 Å². The lowest BCUT2D eigenvalue weighted by molar-refractivity contribution is 0.357. The minimum atomic E-state index is 0.772. The summed E-state index contributed by atoms with van der Waals surface area (Å²) in [6.07, 6.45) is 1.34. The molecule has 0 spiro atoms. The minimum Gasteiger partial charge on any atom is -0.397 e. The molecule has 15 heavy (non-hydrogen) atoms. The maximum Gasteiger partial charge on any atom is 0.0600 e. The second-order valence-corrected chi connectivity index (χ2v) is 4.91. The molecule has 1 fully saturated rings. The molecule has 1 aromatic carbocycles. The molecule has 1 aromatic rings. The highest BCUT2D eigenvalue weighted by Crippen LogP contribution is 2.29. The molecule has 0 aromatic heterocycles. The SMILES string of the molecule is C[C@@H]1C[C@@H](C)CN(c2ccccc2N)C1. The van der Waals surface area contributed by atoms with E-state index in [1.165, 1.54) is 12.1 Å². The van der Waals surface area contributed by atoms with Crippen LogP contribution < -0.4 is 10.6 Å². The normalized spacial score (nSPS) is 26.7. The third kappa shape index (κ3) is 2.25. The highest BCUT2D eigenvalue weighted by Gasteiger charge is 2.22. The summed E-state index contributed by atoms with van der Waals surface area (Å²) < 4.78 is 0. The van der Waals surface area contributed by atoms with Crippen LogP contribution in [0.4, 0.5) is 11.4 Å². The minimum absolute atomic E-state index is 0.772. The summed E-state index contributed by atoms with van der Waals surface area (Å²) in [6, 6.07) is 8.17. The zero-order chi connectivity index (χ0) is 10.8. The number of hydrogen-bond donors (Lipinski definition) is 1. The number of anilines is 2. The predicted octanol–water partition coefficient (Wildman–Crippen LogP) is 2.75. The Labute approximate surface area is 92.1 Å². The smallest absolute Gasteiger partial charge is 0.0600 e. The Hall–Kier alpha value is -1.18. The average molecular weight is 204 g/mol. The van der Waals surface area contributed by atoms with Gasteiger partial charge >= 0.3 is 0 Å². The second kappa shape index (κ2) is 4.13. The van der Waals surface area contributed by atoms with E-state index in [0.29, 0.717) is 0 Å². The maximum atomic E-state index is 6.00. The zero-order valence-electron chi connectivity index (χ0n) is 9.61. The largest absolute Gasteiger partial charge is 0.397 e. The summed E-state index contributed by atoms with van der Waals surface area (Å²) in [4.78, 5) is 2.42. The maximum absolute atomic E-state index is 6.00. The van der Waals surface area contributed by atoms with Gasteiger partial charge in [0.25, 0.3) is 0 Å². The predicted molar refractivity (Wildman–Crippen MR) is 66.0 cm³/mol. The lowest BCUT2D eigenvalue weighted by atomic mass is 9.91. The molecule has 0 amide bonds. The number of nitrogen functional groups attached to an aromatic ring is 1. The number of para-hydroxylation sites is 2. The molecule has 0 aliphatic carbocycles. The Balaban J connectivity index is 2.20. The summed E-state index contributed by atoms with van der Waals surface area (Å²) in [7, 11) is 0. The van der Waals surface area contributed by atoms with E-state index in [4.69, 9.17) is 5.73 Å². The molecule has 2 rings (SSSR count). The van der Waals surface area contributed by atoms with Crippen LogP contribution in [0.15, 0.2) is 24.3 Å². The first kappa shape index (κ1) is 10.3. The van der Waals surface area contributed by atoms with Crippen molar-refractivity contribution in [1.82, 2.24) is 0 Å². The van der Waals surface area contributed by atoms with Crippen LogP contribution in [0.2, 0.25) is 0 Å². The number of nitrogens with zero attached hydrogens (tertiary/aromatic N) is 1. The summed E-state index contributed by atoms with van der Waals surface area (Å²) in [5.41, 5.74) is 8.11. The fourth-order valence-corrected chi connectivity index (χ4v) is 2.64. The summed E-state index contributed by atoms with van der Waals surface area (Å²) in [5, 5.41) is 0. The van der Waals surface area contributed by atoms with Crippen molar-refractivity contribution < 1.29 is 0 Å². The molecule has 1 aliphatic heterocycles. The molecule has 2 nitrogen and oxygen atoms in total. The standard InChI is InChI=1S/C13H20N2/c1-10-7-11(2)9-15(8-10)13-6-4-3-5-12(13)14/h3-6,10-11H,7-9,14H2,1-2H3/t10-,11-/m1/s1. The van der Waals surface area contributed by atoms with E-state index in [1.54, 1.807) is 0 Å². The summed E-state index contributed by atoms with van der Waals surface area (Å²) in [5.74, 6) is 1.54. The topological polar surface area (TPSA) is 29.3 Å². The first-order chi connectivity index (χ1) is 7.16. The van der Waals surface area contributed by atoms with Gasteiger partial charge in [0, 0.05) is 13.1 Å². The van der Waals surface area contributed by atoms with Crippen molar-refractivity contribution in [2.45, 2.75) is 20.3 Å². The Kier molecular flexibility index (Phi) is 2.85. The Morgan fingerprint density at radius 1 is 1.13 bits per heavy atom. The molecule has 2 heteroatoms. The molecule has 0 bridgehead atoms. The van der Waals surface area contributed by atoms with E-state index >= 15 is 0 Å². The van der Waals surface area contributed by atoms with Gasteiger partial charge in [-0.1, -0.05) is 26.0 Å². The second-order valence-electron chi connectivity index (χ2n) is 4.91. The van der Waals surface area contributed by atoms with Crippen molar-refractivity contribution in [2.24, 2.45) is 11.8 Å². The first-order valence-electron chi connectivity index (χ1n) is 5.76. The molecule has 0 radical (unpaired) electrons.